The van der Waals surface area contributed by atoms with Crippen LogP contribution in [0.2, 0.25) is 0 Å². The van der Waals surface area contributed by atoms with Crippen molar-refractivity contribution >= 4 is 0 Å². The van der Waals surface area contributed by atoms with Gasteiger partial charge in [-0.2, -0.15) is 0 Å². The van der Waals surface area contributed by atoms with Crippen LogP contribution in [0, 0.1) is 12.3 Å². The minimum Gasteiger partial charge on any atom is -0.491 e. The summed E-state index contributed by atoms with van der Waals surface area (Å²) >= 11 is 0. The third-order valence-corrected chi connectivity index (χ3v) is 1.71. The van der Waals surface area contributed by atoms with E-state index in [1.807, 2.05) is 0 Å². The molecule has 0 aromatic heterocycles. The highest BCUT2D eigenvalue weighted by atomic mass is 19.4. The number of ether oxygens (including phenoxy) is 2. The number of hydrogen-bond acceptors (Lipinski definition) is 2. The monoisotopic (exact) mass is 244 g/mol. The zero-order chi connectivity index (χ0) is 13.1. The first-order chi connectivity index (χ1) is 7.81. The normalized spacial score (nSPS) is 11.1. The number of hydrogen-bond donors (Lipinski definition) is 0. The maximum Gasteiger partial charge on any atom is 0.573 e. The fourth-order valence-corrected chi connectivity index (χ4v) is 1.18. The molecule has 1 aromatic carbocycles. The van der Waals surface area contributed by atoms with E-state index in [0.29, 0.717) is 0 Å². The van der Waals surface area contributed by atoms with Crippen LogP contribution in [0.4, 0.5) is 13.2 Å². The Labute approximate surface area is 97.3 Å². The Kier molecular flexibility index (Phi) is 3.89. The molecule has 17 heavy (non-hydrogen) atoms. The van der Waals surface area contributed by atoms with Gasteiger partial charge in [0.25, 0.3) is 0 Å². The van der Waals surface area contributed by atoms with E-state index in [9.17, 15) is 13.2 Å². The first-order valence-corrected chi connectivity index (χ1v) is 4.85. The van der Waals surface area contributed by atoms with Crippen LogP contribution >= 0.6 is 0 Å². The molecule has 0 amide bonds. The highest BCUT2D eigenvalue weighted by molar-refractivity contribution is 5.49. The van der Waals surface area contributed by atoms with E-state index in [-0.39, 0.29) is 17.4 Å². The van der Waals surface area contributed by atoms with Crippen LogP contribution in [0.15, 0.2) is 18.2 Å². The van der Waals surface area contributed by atoms with Crippen LogP contribution in [-0.4, -0.2) is 12.5 Å². The van der Waals surface area contributed by atoms with Crippen molar-refractivity contribution < 1.29 is 22.6 Å². The number of halogens is 3. The van der Waals surface area contributed by atoms with Crippen molar-refractivity contribution in [2.24, 2.45) is 0 Å². The Morgan fingerprint density at radius 1 is 1.29 bits per heavy atom. The lowest BCUT2D eigenvalue weighted by Gasteiger charge is -2.14. The summed E-state index contributed by atoms with van der Waals surface area (Å²) in [6, 6.07) is 3.97. The topological polar surface area (TPSA) is 18.5 Å². The summed E-state index contributed by atoms with van der Waals surface area (Å²) < 4.78 is 45.4. The minimum atomic E-state index is -4.78. The van der Waals surface area contributed by atoms with Crippen molar-refractivity contribution in [1.29, 1.82) is 0 Å². The fourth-order valence-electron chi connectivity index (χ4n) is 1.18. The molecule has 1 aromatic rings. The third kappa shape index (κ3) is 4.27. The molecule has 0 spiro atoms. The van der Waals surface area contributed by atoms with E-state index < -0.39 is 12.1 Å². The second-order valence-electron chi connectivity index (χ2n) is 3.52. The van der Waals surface area contributed by atoms with Gasteiger partial charge in [-0.3, -0.25) is 0 Å². The van der Waals surface area contributed by atoms with E-state index in [2.05, 4.69) is 10.7 Å². The molecule has 0 N–H and O–H groups in total. The SMILES string of the molecule is C#Cc1ccc(OC(C)C)cc1OC(F)(F)F. The van der Waals surface area contributed by atoms with Crippen LogP contribution in [0.1, 0.15) is 19.4 Å². The Morgan fingerprint density at radius 2 is 1.94 bits per heavy atom. The van der Waals surface area contributed by atoms with Gasteiger partial charge in [0.15, 0.2) is 0 Å². The van der Waals surface area contributed by atoms with Gasteiger partial charge < -0.3 is 9.47 Å². The Bertz CT molecular complexity index is 430. The first-order valence-electron chi connectivity index (χ1n) is 4.85. The molecule has 0 aliphatic rings. The van der Waals surface area contributed by atoms with Crippen LogP contribution in [-0.2, 0) is 0 Å². The van der Waals surface area contributed by atoms with E-state index >= 15 is 0 Å². The zero-order valence-corrected chi connectivity index (χ0v) is 9.34. The standard InChI is InChI=1S/C12H11F3O2/c1-4-9-5-6-10(16-8(2)3)7-11(9)17-12(13,14)15/h1,5-8H,2-3H3. The summed E-state index contributed by atoms with van der Waals surface area (Å²) in [5.41, 5.74) is 0.0263. The molecule has 92 valence electrons. The van der Waals surface area contributed by atoms with Gasteiger partial charge in [-0.15, -0.1) is 19.6 Å². The summed E-state index contributed by atoms with van der Waals surface area (Å²) in [6.45, 7) is 3.53. The Balaban J connectivity index is 3.03. The molecule has 5 heteroatoms. The maximum atomic E-state index is 12.1. The molecule has 0 radical (unpaired) electrons. The second kappa shape index (κ2) is 5.00. The van der Waals surface area contributed by atoms with Crippen molar-refractivity contribution in [2.45, 2.75) is 26.3 Å². The van der Waals surface area contributed by atoms with Crippen LogP contribution < -0.4 is 9.47 Å². The number of terminal acetylenes is 1. The van der Waals surface area contributed by atoms with Gasteiger partial charge in [-0.1, -0.05) is 5.92 Å². The van der Waals surface area contributed by atoms with Gasteiger partial charge in [0.05, 0.1) is 11.7 Å². The van der Waals surface area contributed by atoms with E-state index in [4.69, 9.17) is 11.2 Å². The molecule has 0 saturated carbocycles. The van der Waals surface area contributed by atoms with Gasteiger partial charge in [0.2, 0.25) is 0 Å². The van der Waals surface area contributed by atoms with Gasteiger partial charge >= 0.3 is 6.36 Å². The molecule has 0 heterocycles. The maximum absolute atomic E-state index is 12.1. The van der Waals surface area contributed by atoms with Gasteiger partial charge in [-0.25, -0.2) is 0 Å². The molecule has 0 saturated heterocycles. The average molecular weight is 244 g/mol. The number of benzene rings is 1. The largest absolute Gasteiger partial charge is 0.573 e. The van der Waals surface area contributed by atoms with E-state index in [1.165, 1.54) is 12.1 Å². The predicted molar refractivity (Wildman–Crippen MR) is 56.8 cm³/mol. The summed E-state index contributed by atoms with van der Waals surface area (Å²) in [5.74, 6) is 1.96. The highest BCUT2D eigenvalue weighted by Gasteiger charge is 2.32. The smallest absolute Gasteiger partial charge is 0.491 e. The lowest BCUT2D eigenvalue weighted by Crippen LogP contribution is -2.18. The number of alkyl halides is 3. The molecule has 0 aliphatic carbocycles. The molecule has 2 nitrogen and oxygen atoms in total. The van der Waals surface area contributed by atoms with Crippen LogP contribution in [0.5, 0.6) is 11.5 Å². The Hall–Kier alpha value is -1.83. The minimum absolute atomic E-state index is 0.0263. The molecule has 0 fully saturated rings. The summed E-state index contributed by atoms with van der Waals surface area (Å²) in [7, 11) is 0. The molecule has 0 unspecified atom stereocenters. The number of rotatable bonds is 3. The molecular weight excluding hydrogens is 233 g/mol. The summed E-state index contributed by atoms with van der Waals surface area (Å²) in [6.07, 6.45) is 0.159. The second-order valence-corrected chi connectivity index (χ2v) is 3.52. The molecule has 0 atom stereocenters. The molecule has 0 bridgehead atoms. The van der Waals surface area contributed by atoms with Gasteiger partial charge in [0.1, 0.15) is 11.5 Å². The predicted octanol–water partition coefficient (Wildman–Crippen LogP) is 3.35. The zero-order valence-electron chi connectivity index (χ0n) is 9.34. The summed E-state index contributed by atoms with van der Waals surface area (Å²) in [4.78, 5) is 0. The highest BCUT2D eigenvalue weighted by Crippen LogP contribution is 2.30. The van der Waals surface area contributed by atoms with E-state index in [1.54, 1.807) is 13.8 Å². The average Bonchev–Trinajstić information content (AvgIpc) is 2.14. The fraction of sp³-hybridized carbons (Fsp3) is 0.333. The van der Waals surface area contributed by atoms with Gasteiger partial charge in [-0.05, 0) is 26.0 Å². The van der Waals surface area contributed by atoms with Crippen LogP contribution in [0.25, 0.3) is 0 Å². The Morgan fingerprint density at radius 3 is 2.41 bits per heavy atom. The van der Waals surface area contributed by atoms with Crippen molar-refractivity contribution in [3.05, 3.63) is 23.8 Å². The lowest BCUT2D eigenvalue weighted by atomic mass is 10.2. The molecule has 1 rings (SSSR count). The van der Waals surface area contributed by atoms with Gasteiger partial charge in [0, 0.05) is 6.07 Å². The van der Waals surface area contributed by atoms with E-state index in [0.717, 1.165) is 6.07 Å². The first kappa shape index (κ1) is 13.2. The summed E-state index contributed by atoms with van der Waals surface area (Å²) in [5, 5.41) is 0. The van der Waals surface area contributed by atoms with Crippen molar-refractivity contribution in [3.8, 4) is 23.8 Å². The van der Waals surface area contributed by atoms with Crippen molar-refractivity contribution in [1.82, 2.24) is 0 Å². The lowest BCUT2D eigenvalue weighted by molar-refractivity contribution is -0.274. The third-order valence-electron chi connectivity index (χ3n) is 1.71. The van der Waals surface area contributed by atoms with Crippen LogP contribution in [0.3, 0.4) is 0 Å². The van der Waals surface area contributed by atoms with Crippen molar-refractivity contribution in [2.75, 3.05) is 0 Å². The quantitative estimate of drug-likeness (QED) is 0.759. The molecular formula is C12H11F3O2. The molecule has 0 aliphatic heterocycles. The van der Waals surface area contributed by atoms with Crippen molar-refractivity contribution in [3.63, 3.8) is 0 Å².